The zero-order chi connectivity index (χ0) is 17.6. The third-order valence-electron chi connectivity index (χ3n) is 4.07. The minimum absolute atomic E-state index is 0.173. The van der Waals surface area contributed by atoms with E-state index in [4.69, 9.17) is 4.74 Å². The number of ether oxygens (including phenoxy) is 1. The van der Waals surface area contributed by atoms with Gasteiger partial charge in [0.15, 0.2) is 0 Å². The minimum Gasteiger partial charge on any atom is -0.379 e. The van der Waals surface area contributed by atoms with Crippen molar-refractivity contribution in [2.45, 2.75) is 18.7 Å². The zero-order valence-electron chi connectivity index (χ0n) is 14.2. The summed E-state index contributed by atoms with van der Waals surface area (Å²) in [5, 5.41) is 2.73. The van der Waals surface area contributed by atoms with Crippen LogP contribution < -0.4 is 10.0 Å². The molecule has 1 fully saturated rings. The predicted octanol–water partition coefficient (Wildman–Crippen LogP) is 0.0301. The molecule has 0 bridgehead atoms. The van der Waals surface area contributed by atoms with Crippen LogP contribution in [-0.2, 0) is 19.6 Å². The van der Waals surface area contributed by atoms with Gasteiger partial charge in [-0.25, -0.2) is 13.1 Å². The van der Waals surface area contributed by atoms with Crippen molar-refractivity contribution in [3.63, 3.8) is 0 Å². The van der Waals surface area contributed by atoms with Crippen LogP contribution in [0.5, 0.6) is 0 Å². The van der Waals surface area contributed by atoms with Crippen molar-refractivity contribution in [2.24, 2.45) is 0 Å². The van der Waals surface area contributed by atoms with E-state index in [9.17, 15) is 13.2 Å². The van der Waals surface area contributed by atoms with Crippen molar-refractivity contribution in [2.75, 3.05) is 45.9 Å². The Bertz CT molecular complexity index is 670. The summed E-state index contributed by atoms with van der Waals surface area (Å²) in [6.45, 7) is 7.87. The van der Waals surface area contributed by atoms with E-state index in [2.05, 4.69) is 14.9 Å². The van der Waals surface area contributed by atoms with Crippen LogP contribution in [0.15, 0.2) is 23.1 Å². The van der Waals surface area contributed by atoms with Gasteiger partial charge < -0.3 is 10.1 Å². The van der Waals surface area contributed by atoms with Crippen LogP contribution in [0, 0.1) is 13.8 Å². The maximum atomic E-state index is 12.2. The smallest absolute Gasteiger partial charge is 0.241 e. The standard InChI is InChI=1S/C16H25N3O4S/c1-13-3-4-15(11-14(13)2)24(21,22)18-12-16(20)17-5-6-19-7-9-23-10-8-19/h3-4,11,18H,5-10,12H2,1-2H3,(H,17,20). The second-order valence-corrected chi connectivity index (χ2v) is 7.64. The summed E-state index contributed by atoms with van der Waals surface area (Å²) in [5.41, 5.74) is 1.92. The Hall–Kier alpha value is -1.48. The van der Waals surface area contributed by atoms with Crippen LogP contribution in [0.2, 0.25) is 0 Å². The Morgan fingerprint density at radius 2 is 1.92 bits per heavy atom. The van der Waals surface area contributed by atoms with Crippen LogP contribution in [0.1, 0.15) is 11.1 Å². The first kappa shape index (κ1) is 18.9. The van der Waals surface area contributed by atoms with Crippen LogP contribution in [0.4, 0.5) is 0 Å². The van der Waals surface area contributed by atoms with Crippen LogP contribution in [-0.4, -0.2) is 65.2 Å². The van der Waals surface area contributed by atoms with Crippen LogP contribution in [0.25, 0.3) is 0 Å². The molecule has 0 aliphatic carbocycles. The Morgan fingerprint density at radius 1 is 1.21 bits per heavy atom. The molecule has 2 N–H and O–H groups in total. The molecule has 0 unspecified atom stereocenters. The van der Waals surface area contributed by atoms with Crippen molar-refractivity contribution in [1.82, 2.24) is 14.9 Å². The number of amides is 1. The topological polar surface area (TPSA) is 87.7 Å². The van der Waals surface area contributed by atoms with E-state index in [1.54, 1.807) is 18.2 Å². The van der Waals surface area contributed by atoms with E-state index in [0.717, 1.165) is 30.8 Å². The lowest BCUT2D eigenvalue weighted by Crippen LogP contribution is -2.43. The largest absolute Gasteiger partial charge is 0.379 e. The maximum absolute atomic E-state index is 12.2. The normalized spacial score (nSPS) is 16.1. The quantitative estimate of drug-likeness (QED) is 0.721. The highest BCUT2D eigenvalue weighted by molar-refractivity contribution is 7.89. The Morgan fingerprint density at radius 3 is 2.58 bits per heavy atom. The second-order valence-electron chi connectivity index (χ2n) is 5.87. The molecule has 24 heavy (non-hydrogen) atoms. The van der Waals surface area contributed by atoms with Crippen molar-refractivity contribution < 1.29 is 17.9 Å². The van der Waals surface area contributed by atoms with Gasteiger partial charge in [-0.05, 0) is 37.1 Å². The second kappa shape index (κ2) is 8.57. The number of benzene rings is 1. The molecule has 1 aromatic rings. The lowest BCUT2D eigenvalue weighted by Gasteiger charge is -2.26. The SMILES string of the molecule is Cc1ccc(S(=O)(=O)NCC(=O)NCCN2CCOCC2)cc1C. The predicted molar refractivity (Wildman–Crippen MR) is 91.4 cm³/mol. The molecule has 0 saturated carbocycles. The number of carbonyl (C=O) groups excluding carboxylic acids is 1. The van der Waals surface area contributed by atoms with Gasteiger partial charge in [0.25, 0.3) is 0 Å². The average Bonchev–Trinajstić information content (AvgIpc) is 2.56. The van der Waals surface area contributed by atoms with Gasteiger partial charge in [-0.2, -0.15) is 0 Å². The van der Waals surface area contributed by atoms with Gasteiger partial charge in [-0.15, -0.1) is 0 Å². The van der Waals surface area contributed by atoms with E-state index >= 15 is 0 Å². The van der Waals surface area contributed by atoms with E-state index in [1.165, 1.54) is 0 Å². The molecule has 1 aromatic carbocycles. The molecular weight excluding hydrogens is 330 g/mol. The monoisotopic (exact) mass is 355 g/mol. The molecule has 134 valence electrons. The molecule has 0 spiro atoms. The number of nitrogens with one attached hydrogen (secondary N) is 2. The molecule has 1 saturated heterocycles. The number of carbonyl (C=O) groups is 1. The first-order valence-electron chi connectivity index (χ1n) is 8.02. The molecule has 2 rings (SSSR count). The Labute approximate surface area is 143 Å². The summed E-state index contributed by atoms with van der Waals surface area (Å²) in [6.07, 6.45) is 0. The first-order valence-corrected chi connectivity index (χ1v) is 9.50. The fourth-order valence-corrected chi connectivity index (χ4v) is 3.43. The van der Waals surface area contributed by atoms with E-state index in [-0.39, 0.29) is 17.3 Å². The zero-order valence-corrected chi connectivity index (χ0v) is 15.0. The average molecular weight is 355 g/mol. The lowest BCUT2D eigenvalue weighted by atomic mass is 10.1. The number of rotatable bonds is 7. The third-order valence-corrected chi connectivity index (χ3v) is 5.46. The summed E-state index contributed by atoms with van der Waals surface area (Å²) in [5.74, 6) is -0.337. The number of nitrogens with zero attached hydrogens (tertiary/aromatic N) is 1. The van der Waals surface area contributed by atoms with E-state index in [0.29, 0.717) is 19.8 Å². The minimum atomic E-state index is -3.68. The number of aryl methyl sites for hydroxylation is 2. The van der Waals surface area contributed by atoms with Gasteiger partial charge in [-0.3, -0.25) is 9.69 Å². The molecule has 1 aliphatic rings. The van der Waals surface area contributed by atoms with Crippen LogP contribution in [0.3, 0.4) is 0 Å². The first-order chi connectivity index (χ1) is 11.4. The molecule has 0 radical (unpaired) electrons. The van der Waals surface area contributed by atoms with Gasteiger partial charge in [-0.1, -0.05) is 6.07 Å². The number of hydrogen-bond donors (Lipinski definition) is 2. The summed E-state index contributed by atoms with van der Waals surface area (Å²) < 4.78 is 32.0. The van der Waals surface area contributed by atoms with Gasteiger partial charge in [0.05, 0.1) is 24.7 Å². The fourth-order valence-electron chi connectivity index (χ4n) is 2.37. The highest BCUT2D eigenvalue weighted by atomic mass is 32.2. The molecule has 0 aromatic heterocycles. The highest BCUT2D eigenvalue weighted by Gasteiger charge is 2.16. The fraction of sp³-hybridized carbons (Fsp3) is 0.562. The van der Waals surface area contributed by atoms with Gasteiger partial charge in [0, 0.05) is 26.2 Å². The Kier molecular flexibility index (Phi) is 6.73. The van der Waals surface area contributed by atoms with E-state index < -0.39 is 10.0 Å². The molecule has 8 heteroatoms. The summed E-state index contributed by atoms with van der Waals surface area (Å²) >= 11 is 0. The molecule has 1 aliphatic heterocycles. The number of sulfonamides is 1. The maximum Gasteiger partial charge on any atom is 0.241 e. The lowest BCUT2D eigenvalue weighted by molar-refractivity contribution is -0.120. The molecule has 0 atom stereocenters. The number of morpholine rings is 1. The molecule has 7 nitrogen and oxygen atoms in total. The van der Waals surface area contributed by atoms with Gasteiger partial charge in [0.1, 0.15) is 0 Å². The summed E-state index contributed by atoms with van der Waals surface area (Å²) in [6, 6.07) is 4.90. The van der Waals surface area contributed by atoms with Gasteiger partial charge in [0.2, 0.25) is 15.9 Å². The van der Waals surface area contributed by atoms with Crippen molar-refractivity contribution in [3.05, 3.63) is 29.3 Å². The molecule has 1 heterocycles. The number of hydrogen-bond acceptors (Lipinski definition) is 5. The molecule has 1 amide bonds. The van der Waals surface area contributed by atoms with Crippen LogP contribution >= 0.6 is 0 Å². The van der Waals surface area contributed by atoms with Gasteiger partial charge >= 0.3 is 0 Å². The Balaban J connectivity index is 1.76. The van der Waals surface area contributed by atoms with Crippen molar-refractivity contribution in [3.8, 4) is 0 Å². The molecular formula is C16H25N3O4S. The van der Waals surface area contributed by atoms with Crippen molar-refractivity contribution in [1.29, 1.82) is 0 Å². The third kappa shape index (κ3) is 5.55. The van der Waals surface area contributed by atoms with Crippen molar-refractivity contribution >= 4 is 15.9 Å². The summed E-state index contributed by atoms with van der Waals surface area (Å²) in [4.78, 5) is 14.2. The summed E-state index contributed by atoms with van der Waals surface area (Å²) in [7, 11) is -3.68. The van der Waals surface area contributed by atoms with E-state index in [1.807, 2.05) is 13.8 Å². The highest BCUT2D eigenvalue weighted by Crippen LogP contribution is 2.14.